The van der Waals surface area contributed by atoms with Crippen LogP contribution >= 0.6 is 0 Å². The predicted molar refractivity (Wildman–Crippen MR) is 82.7 cm³/mol. The lowest BCUT2D eigenvalue weighted by Crippen LogP contribution is -2.34. The summed E-state index contributed by atoms with van der Waals surface area (Å²) in [6.07, 6.45) is -4.37. The molecule has 1 heterocycles. The maximum atomic E-state index is 12.2. The maximum absolute atomic E-state index is 12.2. The molecule has 0 saturated carbocycles. The fourth-order valence-corrected chi connectivity index (χ4v) is 2.17. The minimum absolute atomic E-state index is 0.153. The zero-order valence-corrected chi connectivity index (χ0v) is 13.5. The lowest BCUT2D eigenvalue weighted by atomic mass is 10.0. The Labute approximate surface area is 138 Å². The van der Waals surface area contributed by atoms with E-state index in [0.29, 0.717) is 18.1 Å². The van der Waals surface area contributed by atoms with Gasteiger partial charge in [-0.25, -0.2) is 0 Å². The van der Waals surface area contributed by atoms with Gasteiger partial charge in [0.05, 0.1) is 0 Å². The van der Waals surface area contributed by atoms with Crippen LogP contribution < -0.4 is 10.1 Å². The van der Waals surface area contributed by atoms with E-state index in [4.69, 9.17) is 9.15 Å². The topological polar surface area (TPSA) is 54.6 Å². The normalized spacial score (nSPS) is 14.4. The van der Waals surface area contributed by atoms with Crippen molar-refractivity contribution in [2.24, 2.45) is 0 Å². The first-order valence-corrected chi connectivity index (χ1v) is 7.44. The molecule has 0 spiro atoms. The highest BCUT2D eigenvalue weighted by Crippen LogP contribution is 2.22. The Morgan fingerprint density at radius 1 is 1.21 bits per heavy atom. The molecular formula is C17H20F3NO3. The maximum Gasteiger partial charge on any atom is 0.422 e. The van der Waals surface area contributed by atoms with Crippen LogP contribution in [-0.4, -0.2) is 24.4 Å². The van der Waals surface area contributed by atoms with Crippen molar-refractivity contribution in [2.45, 2.75) is 32.2 Å². The van der Waals surface area contributed by atoms with Crippen molar-refractivity contribution in [3.63, 3.8) is 0 Å². The first kappa shape index (κ1) is 18.4. The molecule has 0 aliphatic carbocycles. The second kappa shape index (κ2) is 7.27. The molecule has 4 nitrogen and oxygen atoms in total. The monoisotopic (exact) mass is 343 g/mol. The van der Waals surface area contributed by atoms with Crippen molar-refractivity contribution in [2.75, 3.05) is 13.2 Å². The molecule has 2 N–H and O–H groups in total. The first-order chi connectivity index (χ1) is 11.2. The SMILES string of the molecule is Cc1ccc(C(C)(O)CNCc2cccc(OCC(F)(F)F)c2)o1. The number of ether oxygens (including phenoxy) is 1. The van der Waals surface area contributed by atoms with E-state index in [2.05, 4.69) is 5.32 Å². The van der Waals surface area contributed by atoms with Crippen molar-refractivity contribution in [1.29, 1.82) is 0 Å². The van der Waals surface area contributed by atoms with Crippen molar-refractivity contribution in [3.8, 4) is 5.75 Å². The van der Waals surface area contributed by atoms with Crippen LogP contribution in [0.15, 0.2) is 40.8 Å². The van der Waals surface area contributed by atoms with Crippen LogP contribution in [0.5, 0.6) is 5.75 Å². The molecule has 24 heavy (non-hydrogen) atoms. The molecule has 0 aliphatic heterocycles. The zero-order chi connectivity index (χ0) is 17.8. The van der Waals surface area contributed by atoms with E-state index in [-0.39, 0.29) is 12.3 Å². The fourth-order valence-electron chi connectivity index (χ4n) is 2.17. The average molecular weight is 343 g/mol. The molecule has 0 radical (unpaired) electrons. The molecule has 1 atom stereocenters. The number of aryl methyl sites for hydroxylation is 1. The van der Waals surface area contributed by atoms with E-state index in [1.165, 1.54) is 12.1 Å². The van der Waals surface area contributed by atoms with Gasteiger partial charge in [0.15, 0.2) is 6.61 Å². The lowest BCUT2D eigenvalue weighted by Gasteiger charge is -2.21. The number of halogens is 3. The van der Waals surface area contributed by atoms with E-state index in [0.717, 1.165) is 5.56 Å². The first-order valence-electron chi connectivity index (χ1n) is 7.44. The zero-order valence-electron chi connectivity index (χ0n) is 13.5. The number of hydrogen-bond donors (Lipinski definition) is 2. The third-order valence-electron chi connectivity index (χ3n) is 3.37. The standard InChI is InChI=1S/C17H20F3NO3/c1-12-6-7-15(24-12)16(2,22)10-21-9-13-4-3-5-14(8-13)23-11-17(18,19)20/h3-8,21-22H,9-11H2,1-2H3. The van der Waals surface area contributed by atoms with Crippen LogP contribution in [0.1, 0.15) is 24.0 Å². The van der Waals surface area contributed by atoms with E-state index < -0.39 is 18.4 Å². The van der Waals surface area contributed by atoms with Crippen molar-refractivity contribution in [3.05, 3.63) is 53.5 Å². The Morgan fingerprint density at radius 3 is 2.58 bits per heavy atom. The Hall–Kier alpha value is -1.99. The molecule has 0 fully saturated rings. The van der Waals surface area contributed by atoms with Gasteiger partial charge in [-0.15, -0.1) is 0 Å². The smallest absolute Gasteiger partial charge is 0.422 e. The lowest BCUT2D eigenvalue weighted by molar-refractivity contribution is -0.153. The van der Waals surface area contributed by atoms with Gasteiger partial charge in [0.25, 0.3) is 0 Å². The quantitative estimate of drug-likeness (QED) is 0.808. The number of benzene rings is 1. The van der Waals surface area contributed by atoms with Crippen LogP contribution in [-0.2, 0) is 12.1 Å². The van der Waals surface area contributed by atoms with Crippen molar-refractivity contribution >= 4 is 0 Å². The van der Waals surface area contributed by atoms with Gasteiger partial charge >= 0.3 is 6.18 Å². The summed E-state index contributed by atoms with van der Waals surface area (Å²) in [4.78, 5) is 0. The molecular weight excluding hydrogens is 323 g/mol. The molecule has 0 amide bonds. The summed E-state index contributed by atoms with van der Waals surface area (Å²) >= 11 is 0. The van der Waals surface area contributed by atoms with Gasteiger partial charge in [-0.05, 0) is 43.7 Å². The highest BCUT2D eigenvalue weighted by molar-refractivity contribution is 5.28. The van der Waals surface area contributed by atoms with Crippen LogP contribution in [0.3, 0.4) is 0 Å². The number of hydrogen-bond acceptors (Lipinski definition) is 4. The minimum Gasteiger partial charge on any atom is -0.484 e. The summed E-state index contributed by atoms with van der Waals surface area (Å²) < 4.78 is 46.6. The van der Waals surface area contributed by atoms with Crippen LogP contribution in [0.25, 0.3) is 0 Å². The van der Waals surface area contributed by atoms with Crippen molar-refractivity contribution < 1.29 is 27.4 Å². The summed E-state index contributed by atoms with van der Waals surface area (Å²) in [6, 6.07) is 9.87. The second-order valence-corrected chi connectivity index (χ2v) is 5.84. The predicted octanol–water partition coefficient (Wildman–Crippen LogP) is 3.53. The summed E-state index contributed by atoms with van der Waals surface area (Å²) in [6.45, 7) is 2.70. The van der Waals surface area contributed by atoms with Gasteiger partial charge in [-0.3, -0.25) is 0 Å². The molecule has 132 valence electrons. The second-order valence-electron chi connectivity index (χ2n) is 5.84. The summed E-state index contributed by atoms with van der Waals surface area (Å²) in [7, 11) is 0. The van der Waals surface area contributed by atoms with Crippen LogP contribution in [0, 0.1) is 6.92 Å². The van der Waals surface area contributed by atoms with Gasteiger partial charge in [0.2, 0.25) is 0 Å². The van der Waals surface area contributed by atoms with E-state index in [9.17, 15) is 18.3 Å². The van der Waals surface area contributed by atoms with Gasteiger partial charge < -0.3 is 19.6 Å². The minimum atomic E-state index is -4.37. The molecule has 1 aromatic heterocycles. The molecule has 7 heteroatoms. The molecule has 2 rings (SSSR count). The molecule has 0 bridgehead atoms. The third kappa shape index (κ3) is 5.58. The number of alkyl halides is 3. The molecule has 1 aromatic carbocycles. The largest absolute Gasteiger partial charge is 0.484 e. The average Bonchev–Trinajstić information content (AvgIpc) is 2.92. The molecule has 0 saturated heterocycles. The van der Waals surface area contributed by atoms with Gasteiger partial charge in [0, 0.05) is 13.1 Å². The summed E-state index contributed by atoms with van der Waals surface area (Å²) in [5, 5.41) is 13.5. The van der Waals surface area contributed by atoms with Crippen LogP contribution in [0.2, 0.25) is 0 Å². The number of furan rings is 1. The highest BCUT2D eigenvalue weighted by atomic mass is 19.4. The fraction of sp³-hybridized carbons (Fsp3) is 0.412. The number of aliphatic hydroxyl groups is 1. The van der Waals surface area contributed by atoms with E-state index in [1.807, 2.05) is 0 Å². The van der Waals surface area contributed by atoms with Crippen LogP contribution in [0.4, 0.5) is 13.2 Å². The summed E-state index contributed by atoms with van der Waals surface area (Å²) in [5.41, 5.74) is -0.431. The number of rotatable bonds is 7. The van der Waals surface area contributed by atoms with Gasteiger partial charge in [-0.2, -0.15) is 13.2 Å². The third-order valence-corrected chi connectivity index (χ3v) is 3.37. The summed E-state index contributed by atoms with van der Waals surface area (Å²) in [5.74, 6) is 1.31. The Morgan fingerprint density at radius 2 is 1.96 bits per heavy atom. The Kier molecular flexibility index (Phi) is 5.56. The molecule has 2 aromatic rings. The number of nitrogens with one attached hydrogen (secondary N) is 1. The molecule has 0 aliphatic rings. The van der Waals surface area contributed by atoms with E-state index in [1.54, 1.807) is 38.1 Å². The highest BCUT2D eigenvalue weighted by Gasteiger charge is 2.28. The van der Waals surface area contributed by atoms with Gasteiger partial charge in [-0.1, -0.05) is 12.1 Å². The molecule has 1 unspecified atom stereocenters. The Bertz CT molecular complexity index is 665. The van der Waals surface area contributed by atoms with Crippen molar-refractivity contribution in [1.82, 2.24) is 5.32 Å². The van der Waals surface area contributed by atoms with E-state index >= 15 is 0 Å². The van der Waals surface area contributed by atoms with Gasteiger partial charge in [0.1, 0.15) is 22.9 Å². The Balaban J connectivity index is 1.88.